The number of hydrogen-bond acceptors (Lipinski definition) is 4. The molecule has 0 aliphatic rings. The van der Waals surface area contributed by atoms with E-state index in [1.807, 2.05) is 0 Å². The summed E-state index contributed by atoms with van der Waals surface area (Å²) in [6, 6.07) is 5.09. The van der Waals surface area contributed by atoms with Crippen LogP contribution < -0.4 is 10.5 Å². The molecule has 7 heteroatoms. The smallest absolute Gasteiger partial charge is 0.255 e. The van der Waals surface area contributed by atoms with Gasteiger partial charge in [0.15, 0.2) is 5.84 Å². The first-order valence-corrected chi connectivity index (χ1v) is 5.84. The first kappa shape index (κ1) is 14.3. The van der Waals surface area contributed by atoms with Crippen molar-refractivity contribution in [1.82, 2.24) is 4.90 Å². The van der Waals surface area contributed by atoms with E-state index in [1.165, 1.54) is 12.0 Å². The van der Waals surface area contributed by atoms with Crippen LogP contribution in [0.3, 0.4) is 0 Å². The van der Waals surface area contributed by atoms with Crippen molar-refractivity contribution in [2.45, 2.75) is 0 Å². The van der Waals surface area contributed by atoms with E-state index >= 15 is 0 Å². The van der Waals surface area contributed by atoms with Crippen molar-refractivity contribution < 1.29 is 14.7 Å². The minimum Gasteiger partial charge on any atom is -0.497 e. The zero-order chi connectivity index (χ0) is 13.7. The summed E-state index contributed by atoms with van der Waals surface area (Å²) in [6.07, 6.45) is 0. The zero-order valence-corrected chi connectivity index (χ0v) is 11.6. The van der Waals surface area contributed by atoms with Gasteiger partial charge in [0.2, 0.25) is 0 Å². The quantitative estimate of drug-likeness (QED) is 0.379. The van der Waals surface area contributed by atoms with Crippen LogP contribution in [0.4, 0.5) is 0 Å². The van der Waals surface area contributed by atoms with Crippen LogP contribution in [-0.2, 0) is 0 Å². The fourth-order valence-corrected chi connectivity index (χ4v) is 1.76. The molecule has 0 unspecified atom stereocenters. The molecule has 0 saturated heterocycles. The summed E-state index contributed by atoms with van der Waals surface area (Å²) in [5.41, 5.74) is 5.80. The van der Waals surface area contributed by atoms with Crippen molar-refractivity contribution in [3.63, 3.8) is 0 Å². The van der Waals surface area contributed by atoms with E-state index in [2.05, 4.69) is 21.1 Å². The van der Waals surface area contributed by atoms with Crippen molar-refractivity contribution in [1.29, 1.82) is 0 Å². The van der Waals surface area contributed by atoms with E-state index < -0.39 is 0 Å². The predicted octanol–water partition coefficient (Wildman–Crippen LogP) is 1.28. The Morgan fingerprint density at radius 3 is 2.83 bits per heavy atom. The summed E-state index contributed by atoms with van der Waals surface area (Å²) in [5, 5.41) is 11.3. The zero-order valence-electron chi connectivity index (χ0n) is 10.1. The molecule has 1 aromatic carbocycles. The second-order valence-corrected chi connectivity index (χ2v) is 4.45. The maximum atomic E-state index is 12.1. The van der Waals surface area contributed by atoms with Crippen LogP contribution in [0.1, 0.15) is 10.4 Å². The lowest BCUT2D eigenvalue weighted by molar-refractivity contribution is 0.0812. The number of benzene rings is 1. The normalized spacial score (nSPS) is 11.2. The van der Waals surface area contributed by atoms with Crippen molar-refractivity contribution in [3.8, 4) is 5.75 Å². The van der Waals surface area contributed by atoms with Crippen molar-refractivity contribution in [2.24, 2.45) is 10.9 Å². The van der Waals surface area contributed by atoms with E-state index in [1.54, 1.807) is 25.2 Å². The SMILES string of the molecule is COc1ccc(Br)c(C(=O)N(C)CC(N)=NO)c1. The van der Waals surface area contributed by atoms with Gasteiger partial charge in [-0.15, -0.1) is 0 Å². The van der Waals surface area contributed by atoms with Gasteiger partial charge in [0.25, 0.3) is 5.91 Å². The summed E-state index contributed by atoms with van der Waals surface area (Å²) < 4.78 is 5.71. The molecule has 1 amide bonds. The molecule has 0 bridgehead atoms. The first-order chi connectivity index (χ1) is 8.49. The molecule has 1 rings (SSSR count). The molecule has 0 spiro atoms. The lowest BCUT2D eigenvalue weighted by Gasteiger charge is -2.17. The number of rotatable bonds is 4. The number of carbonyl (C=O) groups is 1. The third kappa shape index (κ3) is 3.36. The van der Waals surface area contributed by atoms with Crippen LogP contribution in [0, 0.1) is 0 Å². The molecule has 0 radical (unpaired) electrons. The van der Waals surface area contributed by atoms with Crippen LogP contribution in [0.15, 0.2) is 27.8 Å². The Labute approximate surface area is 113 Å². The Morgan fingerprint density at radius 2 is 2.28 bits per heavy atom. The maximum absolute atomic E-state index is 12.1. The molecule has 98 valence electrons. The largest absolute Gasteiger partial charge is 0.497 e. The van der Waals surface area contributed by atoms with Crippen molar-refractivity contribution in [2.75, 3.05) is 20.7 Å². The van der Waals surface area contributed by atoms with Crippen LogP contribution in [0.2, 0.25) is 0 Å². The molecule has 3 N–H and O–H groups in total. The van der Waals surface area contributed by atoms with Crippen LogP contribution in [-0.4, -0.2) is 42.6 Å². The summed E-state index contributed by atoms with van der Waals surface area (Å²) >= 11 is 3.30. The van der Waals surface area contributed by atoms with E-state index in [-0.39, 0.29) is 18.3 Å². The van der Waals surface area contributed by atoms with Gasteiger partial charge in [0.05, 0.1) is 19.2 Å². The molecule has 0 fully saturated rings. The number of nitrogens with two attached hydrogens (primary N) is 1. The molecule has 0 aliphatic heterocycles. The van der Waals surface area contributed by atoms with Gasteiger partial charge in [0, 0.05) is 11.5 Å². The number of hydrogen-bond donors (Lipinski definition) is 2. The molecular weight excluding hydrogens is 302 g/mol. The molecule has 0 atom stereocenters. The Morgan fingerprint density at radius 1 is 1.61 bits per heavy atom. The van der Waals surface area contributed by atoms with Gasteiger partial charge in [-0.05, 0) is 34.1 Å². The van der Waals surface area contributed by atoms with Gasteiger partial charge < -0.3 is 20.6 Å². The maximum Gasteiger partial charge on any atom is 0.255 e. The van der Waals surface area contributed by atoms with Gasteiger partial charge in [-0.2, -0.15) is 0 Å². The average molecular weight is 316 g/mol. The Kier molecular flexibility index (Phi) is 4.96. The molecule has 0 saturated carbocycles. The Balaban J connectivity index is 2.95. The van der Waals surface area contributed by atoms with E-state index in [9.17, 15) is 4.79 Å². The second-order valence-electron chi connectivity index (χ2n) is 3.60. The highest BCUT2D eigenvalue weighted by Crippen LogP contribution is 2.23. The monoisotopic (exact) mass is 315 g/mol. The van der Waals surface area contributed by atoms with Gasteiger partial charge in [-0.3, -0.25) is 4.79 Å². The van der Waals surface area contributed by atoms with Crippen LogP contribution in [0.25, 0.3) is 0 Å². The van der Waals surface area contributed by atoms with E-state index in [4.69, 9.17) is 15.7 Å². The number of methoxy groups -OCH3 is 1. The van der Waals surface area contributed by atoms with Crippen LogP contribution in [0.5, 0.6) is 5.75 Å². The fraction of sp³-hybridized carbons (Fsp3) is 0.273. The number of carbonyl (C=O) groups excluding carboxylic acids is 1. The standard InChI is InChI=1S/C11H14BrN3O3/c1-15(6-10(13)14-17)11(16)8-5-7(18-2)3-4-9(8)12/h3-5,17H,6H2,1-2H3,(H2,13,14). The minimum atomic E-state index is -0.257. The minimum absolute atomic E-state index is 0.0372. The van der Waals surface area contributed by atoms with Crippen molar-refractivity contribution in [3.05, 3.63) is 28.2 Å². The summed E-state index contributed by atoms with van der Waals surface area (Å²) in [7, 11) is 3.09. The number of oxime groups is 1. The average Bonchev–Trinajstić information content (AvgIpc) is 2.38. The molecule has 6 nitrogen and oxygen atoms in total. The molecule has 18 heavy (non-hydrogen) atoms. The number of ether oxygens (including phenoxy) is 1. The van der Waals surface area contributed by atoms with Crippen molar-refractivity contribution >= 4 is 27.7 Å². The molecule has 1 aromatic rings. The predicted molar refractivity (Wildman–Crippen MR) is 71.1 cm³/mol. The summed E-state index contributed by atoms with van der Waals surface area (Å²) in [5.74, 6) is 0.288. The van der Waals surface area contributed by atoms with E-state index in [0.29, 0.717) is 15.8 Å². The highest BCUT2D eigenvalue weighted by molar-refractivity contribution is 9.10. The van der Waals surface area contributed by atoms with Gasteiger partial charge in [-0.25, -0.2) is 0 Å². The van der Waals surface area contributed by atoms with Crippen LogP contribution >= 0.6 is 15.9 Å². The second kappa shape index (κ2) is 6.25. The number of amides is 1. The Bertz CT molecular complexity index is 477. The summed E-state index contributed by atoms with van der Waals surface area (Å²) in [4.78, 5) is 13.5. The molecule has 0 heterocycles. The highest BCUT2D eigenvalue weighted by Gasteiger charge is 2.16. The number of nitrogens with zero attached hydrogens (tertiary/aromatic N) is 2. The lowest BCUT2D eigenvalue weighted by atomic mass is 10.2. The third-order valence-corrected chi connectivity index (χ3v) is 2.97. The van der Waals surface area contributed by atoms with Gasteiger partial charge in [-0.1, -0.05) is 5.16 Å². The number of likely N-dealkylation sites (N-methyl/N-ethyl adjacent to an activating group) is 1. The topological polar surface area (TPSA) is 88.2 Å². The lowest BCUT2D eigenvalue weighted by Crippen LogP contribution is -2.35. The van der Waals surface area contributed by atoms with Gasteiger partial charge in [0.1, 0.15) is 5.75 Å². The first-order valence-electron chi connectivity index (χ1n) is 5.05. The molecule has 0 aromatic heterocycles. The number of amidine groups is 1. The molecular formula is C11H14BrN3O3. The molecule has 0 aliphatic carbocycles. The van der Waals surface area contributed by atoms with E-state index in [0.717, 1.165) is 0 Å². The number of halogens is 1. The summed E-state index contributed by atoms with van der Waals surface area (Å²) in [6.45, 7) is 0.0407. The third-order valence-electron chi connectivity index (χ3n) is 2.28. The van der Waals surface area contributed by atoms with Gasteiger partial charge >= 0.3 is 0 Å². The highest BCUT2D eigenvalue weighted by atomic mass is 79.9. The fourth-order valence-electron chi connectivity index (χ4n) is 1.35. The Hall–Kier alpha value is -1.76.